The molecule has 2 atom stereocenters. The highest BCUT2D eigenvalue weighted by atomic mass is 16.5. The molecule has 0 saturated carbocycles. The van der Waals surface area contributed by atoms with Gasteiger partial charge in [-0.15, -0.1) is 0 Å². The molecule has 2 bridgehead atoms. The van der Waals surface area contributed by atoms with Gasteiger partial charge in [-0.05, 0) is 71.8 Å². The summed E-state index contributed by atoms with van der Waals surface area (Å²) in [6.45, 7) is 5.29. The predicted octanol–water partition coefficient (Wildman–Crippen LogP) is 6.45. The molecule has 10 heteroatoms. The lowest BCUT2D eigenvalue weighted by atomic mass is 9.83. The van der Waals surface area contributed by atoms with E-state index < -0.39 is 5.60 Å². The van der Waals surface area contributed by atoms with E-state index in [0.29, 0.717) is 34.8 Å². The lowest BCUT2D eigenvalue weighted by Gasteiger charge is -2.58. The van der Waals surface area contributed by atoms with Crippen molar-refractivity contribution in [3.63, 3.8) is 0 Å². The number of piperazine rings is 1. The fourth-order valence-corrected chi connectivity index (χ4v) is 8.20. The number of nitrogens with zero attached hydrogens (tertiary/aromatic N) is 7. The van der Waals surface area contributed by atoms with Crippen molar-refractivity contribution in [3.05, 3.63) is 119 Å². The number of anilines is 2. The molecule has 3 fully saturated rings. The van der Waals surface area contributed by atoms with E-state index in [2.05, 4.69) is 80.5 Å². The fraction of sp³-hybridized carbons (Fsp3) is 0.286. The van der Waals surface area contributed by atoms with Crippen LogP contribution in [0, 0.1) is 11.3 Å². The first-order valence-electron chi connectivity index (χ1n) is 17.7. The minimum absolute atomic E-state index is 0.120. The number of nitriles is 1. The van der Waals surface area contributed by atoms with E-state index in [1.807, 2.05) is 24.5 Å². The third-order valence-corrected chi connectivity index (χ3v) is 10.6. The molecule has 4 aliphatic rings. The summed E-state index contributed by atoms with van der Waals surface area (Å²) in [5.74, 6) is 2.11. The van der Waals surface area contributed by atoms with Gasteiger partial charge in [0.1, 0.15) is 24.2 Å². The summed E-state index contributed by atoms with van der Waals surface area (Å²) in [4.78, 5) is 14.6. The van der Waals surface area contributed by atoms with Gasteiger partial charge in [0, 0.05) is 73.3 Å². The number of aromatic nitrogens is 4. The first-order chi connectivity index (χ1) is 25.3. The Morgan fingerprint density at radius 1 is 0.942 bits per heavy atom. The molecule has 10 rings (SSSR count). The highest BCUT2D eigenvalue weighted by molar-refractivity contribution is 5.86. The van der Waals surface area contributed by atoms with Gasteiger partial charge in [-0.3, -0.25) is 0 Å². The average Bonchev–Trinajstić information content (AvgIpc) is 3.76. The van der Waals surface area contributed by atoms with Crippen molar-refractivity contribution >= 4 is 17.0 Å². The molecule has 52 heavy (non-hydrogen) atoms. The molecule has 0 amide bonds. The normalized spacial score (nSPS) is 17.4. The van der Waals surface area contributed by atoms with Crippen LogP contribution in [-0.2, 0) is 12.8 Å². The molecule has 1 N–H and O–H groups in total. The van der Waals surface area contributed by atoms with E-state index in [-0.39, 0.29) is 6.61 Å². The monoisotopic (exact) mass is 689 g/mol. The van der Waals surface area contributed by atoms with Gasteiger partial charge >= 0.3 is 0 Å². The van der Waals surface area contributed by atoms with Gasteiger partial charge in [0.05, 0.1) is 36.2 Å². The summed E-state index contributed by atoms with van der Waals surface area (Å²) in [7, 11) is 1.65. The summed E-state index contributed by atoms with van der Waals surface area (Å²) >= 11 is 0. The zero-order chi connectivity index (χ0) is 35.6. The Kier molecular flexibility index (Phi) is 7.63. The number of piperidine rings is 1. The van der Waals surface area contributed by atoms with E-state index >= 15 is 0 Å². The number of rotatable bonds is 9. The molecule has 1 aliphatic carbocycles. The van der Waals surface area contributed by atoms with Gasteiger partial charge in [-0.25, -0.2) is 14.5 Å². The van der Waals surface area contributed by atoms with Crippen LogP contribution < -0.4 is 19.3 Å². The summed E-state index contributed by atoms with van der Waals surface area (Å²) in [6.07, 6.45) is 10.0. The fourth-order valence-electron chi connectivity index (χ4n) is 8.20. The Morgan fingerprint density at radius 3 is 2.52 bits per heavy atom. The molecule has 0 radical (unpaired) electrons. The third-order valence-electron chi connectivity index (χ3n) is 10.6. The SMILES string of the molecule is COc1ccc(Cc2ccc3c(c2N2C4CC2CN(c2ccc(-c5cc(OCC(C)(C)O)cn6ncc(C#N)c56)cn2)C4)Cc2ccccc2-3)cn1. The van der Waals surface area contributed by atoms with Crippen LogP contribution in [0.2, 0.25) is 0 Å². The molecule has 3 saturated heterocycles. The van der Waals surface area contributed by atoms with Crippen LogP contribution in [0.4, 0.5) is 11.5 Å². The second kappa shape index (κ2) is 12.4. The Hall–Kier alpha value is -5.92. The number of pyridine rings is 3. The largest absolute Gasteiger partial charge is 0.489 e. The van der Waals surface area contributed by atoms with E-state index in [9.17, 15) is 10.4 Å². The van der Waals surface area contributed by atoms with Gasteiger partial charge in [0.25, 0.3) is 0 Å². The van der Waals surface area contributed by atoms with Crippen molar-refractivity contribution in [1.29, 1.82) is 5.26 Å². The maximum Gasteiger partial charge on any atom is 0.212 e. The Balaban J connectivity index is 0.998. The van der Waals surface area contributed by atoms with Crippen molar-refractivity contribution in [1.82, 2.24) is 19.6 Å². The Labute approximate surface area is 302 Å². The summed E-state index contributed by atoms with van der Waals surface area (Å²) in [6, 6.07) is 26.5. The third kappa shape index (κ3) is 5.58. The maximum absolute atomic E-state index is 10.2. The van der Waals surface area contributed by atoms with Crippen LogP contribution in [0.15, 0.2) is 91.5 Å². The van der Waals surface area contributed by atoms with E-state index in [0.717, 1.165) is 49.3 Å². The van der Waals surface area contributed by atoms with Gasteiger partial charge in [-0.1, -0.05) is 42.5 Å². The van der Waals surface area contributed by atoms with Gasteiger partial charge in [-0.2, -0.15) is 10.4 Å². The molecule has 7 heterocycles. The smallest absolute Gasteiger partial charge is 0.212 e. The average molecular weight is 690 g/mol. The standard InChI is InChI=1S/C42H39N7O3/c1-42(2,50)25-52-33-17-36(40-30(18-43)21-46-48(40)24-33)29-10-12-38(44-20-29)47-22-31-16-32(23-47)49(31)41-28(14-26-8-13-39(51-3)45-19-26)9-11-35-34-7-5-4-6-27(34)15-37(35)41/h4-13,17,19-21,24,31-32,50H,14-16,22-23,25H2,1-3H3. The second-order valence-electron chi connectivity index (χ2n) is 14.7. The van der Waals surface area contributed by atoms with Crippen LogP contribution >= 0.6 is 0 Å². The van der Waals surface area contributed by atoms with Crippen LogP contribution in [-0.4, -0.2) is 69.2 Å². The number of benzene rings is 2. The van der Waals surface area contributed by atoms with Crippen molar-refractivity contribution < 1.29 is 14.6 Å². The Morgan fingerprint density at radius 2 is 1.79 bits per heavy atom. The molecule has 260 valence electrons. The molecule has 10 nitrogen and oxygen atoms in total. The van der Waals surface area contributed by atoms with Crippen LogP contribution in [0.25, 0.3) is 27.8 Å². The highest BCUT2D eigenvalue weighted by Gasteiger charge is 2.47. The molecular formula is C42H39N7O3. The molecule has 6 aromatic rings. The van der Waals surface area contributed by atoms with E-state index in [1.165, 1.54) is 39.1 Å². The molecule has 3 aliphatic heterocycles. The first-order valence-corrected chi connectivity index (χ1v) is 17.7. The minimum Gasteiger partial charge on any atom is -0.489 e. The second-order valence-corrected chi connectivity index (χ2v) is 14.7. The zero-order valence-electron chi connectivity index (χ0n) is 29.5. The van der Waals surface area contributed by atoms with Crippen LogP contribution in [0.1, 0.15) is 48.1 Å². The molecule has 2 unspecified atom stereocenters. The van der Waals surface area contributed by atoms with E-state index in [4.69, 9.17) is 14.5 Å². The van der Waals surface area contributed by atoms with Crippen LogP contribution in [0.3, 0.4) is 0 Å². The van der Waals surface area contributed by atoms with Crippen molar-refractivity contribution in [2.24, 2.45) is 0 Å². The number of aliphatic hydroxyl groups is 1. The summed E-state index contributed by atoms with van der Waals surface area (Å²) in [5, 5.41) is 24.5. The van der Waals surface area contributed by atoms with Gasteiger partial charge < -0.3 is 24.4 Å². The number of hydrogen-bond donors (Lipinski definition) is 1. The summed E-state index contributed by atoms with van der Waals surface area (Å²) < 4.78 is 12.9. The lowest BCUT2D eigenvalue weighted by molar-refractivity contribution is 0.0283. The first kappa shape index (κ1) is 32.0. The number of hydrogen-bond acceptors (Lipinski definition) is 9. The number of methoxy groups -OCH3 is 1. The zero-order valence-corrected chi connectivity index (χ0v) is 29.5. The number of fused-ring (bicyclic) bond motifs is 6. The molecular weight excluding hydrogens is 651 g/mol. The quantitative estimate of drug-likeness (QED) is 0.183. The highest BCUT2D eigenvalue weighted by Crippen LogP contribution is 2.48. The van der Waals surface area contributed by atoms with E-state index in [1.54, 1.807) is 37.9 Å². The van der Waals surface area contributed by atoms with Gasteiger partial charge in [0.15, 0.2) is 0 Å². The minimum atomic E-state index is -0.994. The van der Waals surface area contributed by atoms with Crippen molar-refractivity contribution in [2.45, 2.75) is 50.8 Å². The maximum atomic E-state index is 10.2. The van der Waals surface area contributed by atoms with Crippen molar-refractivity contribution in [2.75, 3.05) is 36.6 Å². The predicted molar refractivity (Wildman–Crippen MR) is 200 cm³/mol. The van der Waals surface area contributed by atoms with Gasteiger partial charge in [0.2, 0.25) is 5.88 Å². The topological polar surface area (TPSA) is 112 Å². The Bertz CT molecular complexity index is 2340. The lowest BCUT2D eigenvalue weighted by Crippen LogP contribution is -2.69. The van der Waals surface area contributed by atoms with Crippen molar-refractivity contribution in [3.8, 4) is 40.0 Å². The molecule has 4 aromatic heterocycles. The number of ether oxygens (including phenoxy) is 2. The molecule has 2 aromatic carbocycles. The van der Waals surface area contributed by atoms with Crippen LogP contribution in [0.5, 0.6) is 11.6 Å². The molecule has 0 spiro atoms. The summed E-state index contributed by atoms with van der Waals surface area (Å²) in [5.41, 5.74) is 11.2.